The van der Waals surface area contributed by atoms with Crippen molar-refractivity contribution >= 4 is 12.3 Å². The van der Waals surface area contributed by atoms with Crippen LogP contribution in [0.4, 0.5) is 0 Å². The van der Waals surface area contributed by atoms with Gasteiger partial charge in [-0.1, -0.05) is 6.58 Å². The molecule has 0 aromatic heterocycles. The van der Waals surface area contributed by atoms with Crippen LogP contribution in [0.5, 0.6) is 0 Å². The molecule has 1 fully saturated rings. The number of esters is 1. The van der Waals surface area contributed by atoms with E-state index in [0.29, 0.717) is 0 Å². The molecule has 1 rings (SSSR count). The van der Waals surface area contributed by atoms with Crippen LogP contribution in [-0.2, 0) is 9.53 Å². The van der Waals surface area contributed by atoms with Crippen LogP contribution in [0, 0.1) is 0 Å². The minimum atomic E-state index is -0.396. The molecule has 0 N–H and O–H groups in total. The predicted octanol–water partition coefficient (Wildman–Crippen LogP) is 1.97. The van der Waals surface area contributed by atoms with Gasteiger partial charge in [-0.25, -0.2) is 9.79 Å². The summed E-state index contributed by atoms with van der Waals surface area (Å²) in [7, 11) is 1.89. The molecule has 0 bridgehead atoms. The van der Waals surface area contributed by atoms with Crippen LogP contribution in [-0.4, -0.2) is 36.9 Å². The molecule has 0 aromatic carbocycles. The Morgan fingerprint density at radius 3 is 2.75 bits per heavy atom. The third-order valence-corrected chi connectivity index (χ3v) is 2.72. The average Bonchev–Trinajstić information content (AvgIpc) is 2.77. The number of ether oxygens (including phenoxy) is 1. The lowest BCUT2D eigenvalue weighted by atomic mass is 10.3. The molecule has 1 aliphatic carbocycles. The van der Waals surface area contributed by atoms with Gasteiger partial charge < -0.3 is 9.64 Å². The summed E-state index contributed by atoms with van der Waals surface area (Å²) in [5.74, 6) is -0.396. The number of hydrogen-bond acceptors (Lipinski definition) is 3. The van der Waals surface area contributed by atoms with Crippen LogP contribution < -0.4 is 0 Å². The van der Waals surface area contributed by atoms with E-state index >= 15 is 0 Å². The minimum absolute atomic E-state index is 0.0726. The highest BCUT2D eigenvalue weighted by Crippen LogP contribution is 2.21. The Kier molecular flexibility index (Phi) is 5.02. The Bertz CT molecular complexity index is 281. The molecular weight excluding hydrogens is 204 g/mol. The molecule has 1 aliphatic rings. The summed E-state index contributed by atoms with van der Waals surface area (Å²) in [4.78, 5) is 17.4. The van der Waals surface area contributed by atoms with Gasteiger partial charge in [-0.3, -0.25) is 0 Å². The molecule has 0 spiro atoms. The summed E-state index contributed by atoms with van der Waals surface area (Å²) in [5, 5.41) is 0. The lowest BCUT2D eigenvalue weighted by molar-refractivity contribution is -0.143. The van der Waals surface area contributed by atoms with E-state index < -0.39 is 5.97 Å². The third-order valence-electron chi connectivity index (χ3n) is 2.72. The van der Waals surface area contributed by atoms with Crippen LogP contribution >= 0.6 is 0 Å². The molecular formula is C12H20N2O2. The highest BCUT2D eigenvalue weighted by molar-refractivity contribution is 5.89. The first kappa shape index (κ1) is 12.7. The van der Waals surface area contributed by atoms with Crippen molar-refractivity contribution in [1.29, 1.82) is 0 Å². The number of hydrogen-bond donors (Lipinski definition) is 0. The molecule has 0 heterocycles. The van der Waals surface area contributed by atoms with Gasteiger partial charge in [0.1, 0.15) is 11.8 Å². The number of carbonyl (C=O) groups is 1. The zero-order chi connectivity index (χ0) is 12.0. The molecule has 4 nitrogen and oxygen atoms in total. The maximum Gasteiger partial charge on any atom is 0.356 e. The Morgan fingerprint density at radius 1 is 1.56 bits per heavy atom. The summed E-state index contributed by atoms with van der Waals surface area (Å²) in [6, 6.07) is 0. The second kappa shape index (κ2) is 6.30. The number of nitrogens with zero attached hydrogens (tertiary/aromatic N) is 2. The van der Waals surface area contributed by atoms with E-state index in [1.165, 1.54) is 0 Å². The SMILES string of the molecule is C=C(N=CN(C)CC)C(=O)OC1CCCC1. The van der Waals surface area contributed by atoms with E-state index in [1.807, 2.05) is 18.9 Å². The Hall–Kier alpha value is -1.32. The van der Waals surface area contributed by atoms with Gasteiger partial charge in [0.2, 0.25) is 0 Å². The van der Waals surface area contributed by atoms with Gasteiger partial charge in [-0.2, -0.15) is 0 Å². The summed E-state index contributed by atoms with van der Waals surface area (Å²) < 4.78 is 5.27. The largest absolute Gasteiger partial charge is 0.458 e. The number of aliphatic imine (C=N–C) groups is 1. The van der Waals surface area contributed by atoms with Crippen molar-refractivity contribution in [2.45, 2.75) is 38.7 Å². The van der Waals surface area contributed by atoms with Gasteiger partial charge in [0.15, 0.2) is 0 Å². The van der Waals surface area contributed by atoms with Crippen molar-refractivity contribution in [3.8, 4) is 0 Å². The zero-order valence-corrected chi connectivity index (χ0v) is 10.1. The Balaban J connectivity index is 2.35. The molecule has 0 aliphatic heterocycles. The van der Waals surface area contributed by atoms with Gasteiger partial charge in [0, 0.05) is 13.6 Å². The van der Waals surface area contributed by atoms with E-state index in [1.54, 1.807) is 6.34 Å². The lowest BCUT2D eigenvalue weighted by Gasteiger charge is -2.11. The van der Waals surface area contributed by atoms with Crippen LogP contribution in [0.25, 0.3) is 0 Å². The van der Waals surface area contributed by atoms with Crippen molar-refractivity contribution in [2.24, 2.45) is 4.99 Å². The minimum Gasteiger partial charge on any atom is -0.458 e. The summed E-state index contributed by atoms with van der Waals surface area (Å²) in [6.07, 6.45) is 5.90. The van der Waals surface area contributed by atoms with Crippen molar-refractivity contribution in [1.82, 2.24) is 4.90 Å². The fraction of sp³-hybridized carbons (Fsp3) is 0.667. The monoisotopic (exact) mass is 224 g/mol. The van der Waals surface area contributed by atoms with Crippen molar-refractivity contribution in [3.63, 3.8) is 0 Å². The maximum atomic E-state index is 11.5. The average molecular weight is 224 g/mol. The van der Waals surface area contributed by atoms with Crippen LogP contribution in [0.1, 0.15) is 32.6 Å². The van der Waals surface area contributed by atoms with E-state index in [9.17, 15) is 4.79 Å². The predicted molar refractivity (Wildman–Crippen MR) is 64.3 cm³/mol. The fourth-order valence-electron chi connectivity index (χ4n) is 1.53. The Labute approximate surface area is 97.0 Å². The molecule has 0 unspecified atom stereocenters. The first-order valence-corrected chi connectivity index (χ1v) is 5.77. The van der Waals surface area contributed by atoms with Crippen LogP contribution in [0.3, 0.4) is 0 Å². The first-order chi connectivity index (χ1) is 7.63. The normalized spacial score (nSPS) is 16.6. The smallest absolute Gasteiger partial charge is 0.356 e. The summed E-state index contributed by atoms with van der Waals surface area (Å²) in [5.41, 5.74) is 0.173. The quantitative estimate of drug-likeness (QED) is 0.310. The van der Waals surface area contributed by atoms with E-state index in [0.717, 1.165) is 32.2 Å². The van der Waals surface area contributed by atoms with Crippen molar-refractivity contribution in [2.75, 3.05) is 13.6 Å². The summed E-state index contributed by atoms with van der Waals surface area (Å²) >= 11 is 0. The first-order valence-electron chi connectivity index (χ1n) is 5.77. The standard InChI is InChI=1S/C12H20N2O2/c1-4-14(3)9-13-10(2)12(15)16-11-7-5-6-8-11/h9,11H,2,4-8H2,1,3H3. The molecule has 0 aromatic rings. The van der Waals surface area contributed by atoms with Gasteiger partial charge >= 0.3 is 5.97 Å². The molecule has 0 atom stereocenters. The van der Waals surface area contributed by atoms with Crippen molar-refractivity contribution < 1.29 is 9.53 Å². The second-order valence-corrected chi connectivity index (χ2v) is 4.08. The molecule has 16 heavy (non-hydrogen) atoms. The summed E-state index contributed by atoms with van der Waals surface area (Å²) in [6.45, 7) is 6.45. The molecule has 0 amide bonds. The maximum absolute atomic E-state index is 11.5. The molecule has 4 heteroatoms. The number of carbonyl (C=O) groups excluding carboxylic acids is 1. The van der Waals surface area contributed by atoms with Gasteiger partial charge in [-0.15, -0.1) is 0 Å². The lowest BCUT2D eigenvalue weighted by Crippen LogP contribution is -2.18. The highest BCUT2D eigenvalue weighted by atomic mass is 16.5. The second-order valence-electron chi connectivity index (χ2n) is 4.08. The van der Waals surface area contributed by atoms with Gasteiger partial charge in [0.05, 0.1) is 6.34 Å². The molecule has 1 saturated carbocycles. The van der Waals surface area contributed by atoms with Crippen LogP contribution in [0.15, 0.2) is 17.3 Å². The van der Waals surface area contributed by atoms with Gasteiger partial charge in [0.25, 0.3) is 0 Å². The van der Waals surface area contributed by atoms with Crippen molar-refractivity contribution in [3.05, 3.63) is 12.3 Å². The molecule has 0 radical (unpaired) electrons. The molecule has 90 valence electrons. The zero-order valence-electron chi connectivity index (χ0n) is 10.1. The van der Waals surface area contributed by atoms with E-state index in [4.69, 9.17) is 4.74 Å². The number of rotatable bonds is 5. The van der Waals surface area contributed by atoms with E-state index in [2.05, 4.69) is 11.6 Å². The third kappa shape index (κ3) is 4.04. The molecule has 0 saturated heterocycles. The highest BCUT2D eigenvalue weighted by Gasteiger charge is 2.20. The van der Waals surface area contributed by atoms with Crippen LogP contribution in [0.2, 0.25) is 0 Å². The fourth-order valence-corrected chi connectivity index (χ4v) is 1.53. The topological polar surface area (TPSA) is 41.9 Å². The van der Waals surface area contributed by atoms with Gasteiger partial charge in [-0.05, 0) is 32.6 Å². The van der Waals surface area contributed by atoms with E-state index in [-0.39, 0.29) is 11.8 Å². The Morgan fingerprint density at radius 2 is 2.19 bits per heavy atom.